The molecule has 1 amide bonds. The van der Waals surface area contributed by atoms with Crippen molar-refractivity contribution < 1.29 is 4.79 Å². The van der Waals surface area contributed by atoms with E-state index in [2.05, 4.69) is 20.0 Å². The molecule has 0 radical (unpaired) electrons. The van der Waals surface area contributed by atoms with E-state index in [1.54, 1.807) is 0 Å². The van der Waals surface area contributed by atoms with Crippen LogP contribution in [0.4, 0.5) is 16.5 Å². The summed E-state index contributed by atoms with van der Waals surface area (Å²) < 4.78 is 4.36. The van der Waals surface area contributed by atoms with Gasteiger partial charge in [0.15, 0.2) is 0 Å². The Kier molecular flexibility index (Phi) is 3.88. The summed E-state index contributed by atoms with van der Waals surface area (Å²) >= 11 is 1.39. The van der Waals surface area contributed by atoms with Gasteiger partial charge >= 0.3 is 0 Å². The molecule has 0 spiro atoms. The lowest BCUT2D eigenvalue weighted by molar-refractivity contribution is -0.118. The van der Waals surface area contributed by atoms with Gasteiger partial charge in [0.05, 0.1) is 0 Å². The summed E-state index contributed by atoms with van der Waals surface area (Å²) in [5, 5.41) is 6.93. The lowest BCUT2D eigenvalue weighted by Crippen LogP contribution is -2.17. The normalized spacial score (nSPS) is 14.2. The van der Waals surface area contributed by atoms with Gasteiger partial charge in [-0.3, -0.25) is 4.79 Å². The van der Waals surface area contributed by atoms with E-state index in [0.29, 0.717) is 5.92 Å². The van der Waals surface area contributed by atoms with Crippen LogP contribution in [0.3, 0.4) is 0 Å². The zero-order valence-corrected chi connectivity index (χ0v) is 12.9. The number of benzene rings is 1. The fourth-order valence-corrected chi connectivity index (χ4v) is 2.51. The second-order valence-corrected chi connectivity index (χ2v) is 6.33. The molecule has 2 N–H and O–H groups in total. The zero-order chi connectivity index (χ0) is 14.8. The molecule has 1 aromatic carbocycles. The highest BCUT2D eigenvalue weighted by Gasteiger charge is 2.27. The molecule has 110 valence electrons. The standard InChI is InChI=1S/C15H18N4OS/c1-9(2)14(20)16-11-5-7-12(8-6-11)17-15-18-13(19-21-15)10-3-4-10/h5-10H,3-4H2,1-2H3,(H,16,20)(H,17,18,19). The molecule has 0 saturated heterocycles. The third-order valence-corrected chi connectivity index (χ3v) is 3.96. The van der Waals surface area contributed by atoms with Crippen LogP contribution in [0.25, 0.3) is 0 Å². The molecule has 6 heteroatoms. The van der Waals surface area contributed by atoms with E-state index in [0.717, 1.165) is 22.3 Å². The number of nitrogens with zero attached hydrogens (tertiary/aromatic N) is 2. The van der Waals surface area contributed by atoms with Crippen LogP contribution in [-0.2, 0) is 4.79 Å². The summed E-state index contributed by atoms with van der Waals surface area (Å²) in [6.45, 7) is 3.75. The Morgan fingerprint density at radius 1 is 1.24 bits per heavy atom. The molecule has 0 bridgehead atoms. The maximum absolute atomic E-state index is 11.6. The van der Waals surface area contributed by atoms with Gasteiger partial charge in [0.1, 0.15) is 5.82 Å². The summed E-state index contributed by atoms with van der Waals surface area (Å²) in [4.78, 5) is 16.1. The third kappa shape index (κ3) is 3.58. The number of hydrogen-bond acceptors (Lipinski definition) is 5. The van der Waals surface area contributed by atoms with Crippen molar-refractivity contribution in [1.29, 1.82) is 0 Å². The average molecular weight is 302 g/mol. The number of aromatic nitrogens is 2. The van der Waals surface area contributed by atoms with Crippen LogP contribution < -0.4 is 10.6 Å². The van der Waals surface area contributed by atoms with Crippen LogP contribution >= 0.6 is 11.5 Å². The predicted octanol–water partition coefficient (Wildman–Crippen LogP) is 3.75. The molecule has 0 atom stereocenters. The van der Waals surface area contributed by atoms with Gasteiger partial charge < -0.3 is 10.6 Å². The Hall–Kier alpha value is -1.95. The lowest BCUT2D eigenvalue weighted by Gasteiger charge is -2.08. The Labute approximate surface area is 128 Å². The van der Waals surface area contributed by atoms with Crippen molar-refractivity contribution in [2.75, 3.05) is 10.6 Å². The van der Waals surface area contributed by atoms with Gasteiger partial charge in [0.25, 0.3) is 0 Å². The smallest absolute Gasteiger partial charge is 0.226 e. The highest BCUT2D eigenvalue weighted by Crippen LogP contribution is 2.39. The second kappa shape index (κ2) is 5.81. The third-order valence-electron chi connectivity index (χ3n) is 3.31. The van der Waals surface area contributed by atoms with Crippen molar-refractivity contribution in [2.24, 2.45) is 5.92 Å². The quantitative estimate of drug-likeness (QED) is 0.882. The van der Waals surface area contributed by atoms with Crippen LogP contribution in [0.5, 0.6) is 0 Å². The minimum atomic E-state index is -0.0231. The first-order chi connectivity index (χ1) is 10.1. The monoisotopic (exact) mass is 302 g/mol. The van der Waals surface area contributed by atoms with E-state index >= 15 is 0 Å². The maximum atomic E-state index is 11.6. The Balaban J connectivity index is 1.62. The summed E-state index contributed by atoms with van der Waals surface area (Å²) in [5.41, 5.74) is 1.74. The molecular weight excluding hydrogens is 284 g/mol. The van der Waals surface area contributed by atoms with E-state index in [1.807, 2.05) is 38.1 Å². The molecule has 21 heavy (non-hydrogen) atoms. The first-order valence-corrected chi connectivity index (χ1v) is 7.90. The highest BCUT2D eigenvalue weighted by molar-refractivity contribution is 7.09. The Morgan fingerprint density at radius 2 is 1.90 bits per heavy atom. The topological polar surface area (TPSA) is 66.9 Å². The van der Waals surface area contributed by atoms with Gasteiger partial charge in [-0.2, -0.15) is 4.37 Å². The zero-order valence-electron chi connectivity index (χ0n) is 12.1. The molecule has 1 heterocycles. The van der Waals surface area contributed by atoms with Gasteiger partial charge in [-0.1, -0.05) is 13.8 Å². The maximum Gasteiger partial charge on any atom is 0.226 e. The number of carbonyl (C=O) groups is 1. The summed E-state index contributed by atoms with van der Waals surface area (Å²) in [5.74, 6) is 1.53. The van der Waals surface area contributed by atoms with E-state index in [-0.39, 0.29) is 11.8 Å². The second-order valence-electron chi connectivity index (χ2n) is 5.58. The molecule has 2 aromatic rings. The van der Waals surface area contributed by atoms with Crippen LogP contribution in [-0.4, -0.2) is 15.3 Å². The summed E-state index contributed by atoms with van der Waals surface area (Å²) in [6.07, 6.45) is 2.42. The number of hydrogen-bond donors (Lipinski definition) is 2. The Bertz CT molecular complexity index is 631. The van der Waals surface area contributed by atoms with Crippen LogP contribution in [0.2, 0.25) is 0 Å². The minimum absolute atomic E-state index is 0.0221. The van der Waals surface area contributed by atoms with Crippen molar-refractivity contribution in [3.05, 3.63) is 30.1 Å². The summed E-state index contributed by atoms with van der Waals surface area (Å²) in [6, 6.07) is 7.61. The fraction of sp³-hybridized carbons (Fsp3) is 0.400. The van der Waals surface area contributed by atoms with E-state index < -0.39 is 0 Å². The van der Waals surface area contributed by atoms with Gasteiger partial charge in [0, 0.05) is 34.7 Å². The van der Waals surface area contributed by atoms with Crippen LogP contribution in [0.1, 0.15) is 38.4 Å². The van der Waals surface area contributed by atoms with Crippen LogP contribution in [0.15, 0.2) is 24.3 Å². The lowest BCUT2D eigenvalue weighted by atomic mass is 10.2. The van der Waals surface area contributed by atoms with E-state index in [1.165, 1.54) is 24.4 Å². The van der Waals surface area contributed by atoms with Gasteiger partial charge in [0.2, 0.25) is 11.0 Å². The van der Waals surface area contributed by atoms with E-state index in [9.17, 15) is 4.79 Å². The molecule has 5 nitrogen and oxygen atoms in total. The highest BCUT2D eigenvalue weighted by atomic mass is 32.1. The first-order valence-electron chi connectivity index (χ1n) is 7.13. The number of carbonyl (C=O) groups excluding carboxylic acids is 1. The molecule has 1 saturated carbocycles. The summed E-state index contributed by atoms with van der Waals surface area (Å²) in [7, 11) is 0. The molecule has 0 aliphatic heterocycles. The number of nitrogens with one attached hydrogen (secondary N) is 2. The number of rotatable bonds is 5. The SMILES string of the molecule is CC(C)C(=O)Nc1ccc(Nc2nc(C3CC3)ns2)cc1. The first kappa shape index (κ1) is 14.0. The molecule has 3 rings (SSSR count). The van der Waals surface area contributed by atoms with Crippen molar-refractivity contribution in [3.8, 4) is 0 Å². The molecule has 1 aromatic heterocycles. The molecule has 0 unspecified atom stereocenters. The van der Waals surface area contributed by atoms with Gasteiger partial charge in [-0.25, -0.2) is 4.98 Å². The van der Waals surface area contributed by atoms with Crippen molar-refractivity contribution in [1.82, 2.24) is 9.36 Å². The molecule has 1 fully saturated rings. The van der Waals surface area contributed by atoms with E-state index in [4.69, 9.17) is 0 Å². The molecule has 1 aliphatic carbocycles. The minimum Gasteiger partial charge on any atom is -0.330 e. The molecule has 1 aliphatic rings. The van der Waals surface area contributed by atoms with Gasteiger partial charge in [-0.15, -0.1) is 0 Å². The van der Waals surface area contributed by atoms with Crippen molar-refractivity contribution in [3.63, 3.8) is 0 Å². The predicted molar refractivity (Wildman–Crippen MR) is 85.1 cm³/mol. The number of anilines is 3. The number of amides is 1. The van der Waals surface area contributed by atoms with Crippen molar-refractivity contribution >= 4 is 33.9 Å². The molecular formula is C15H18N4OS. The largest absolute Gasteiger partial charge is 0.330 e. The Morgan fingerprint density at radius 3 is 2.52 bits per heavy atom. The van der Waals surface area contributed by atoms with Gasteiger partial charge in [-0.05, 0) is 37.1 Å². The van der Waals surface area contributed by atoms with Crippen molar-refractivity contribution in [2.45, 2.75) is 32.6 Å². The fourth-order valence-electron chi connectivity index (χ4n) is 1.84. The average Bonchev–Trinajstić information content (AvgIpc) is 3.21. The van der Waals surface area contributed by atoms with Crippen LogP contribution in [0, 0.1) is 5.92 Å².